The number of nitrogens with zero attached hydrogens (tertiary/aromatic N) is 4. The zero-order valence-electron chi connectivity index (χ0n) is 23.4. The van der Waals surface area contributed by atoms with Gasteiger partial charge in [0, 0.05) is 16.7 Å². The highest BCUT2D eigenvalue weighted by Crippen LogP contribution is 2.46. The first-order valence-electron chi connectivity index (χ1n) is 13.6. The quantitative estimate of drug-likeness (QED) is 0.166. The van der Waals surface area contributed by atoms with Gasteiger partial charge < -0.3 is 14.2 Å². The molecule has 43 heavy (non-hydrogen) atoms. The molecule has 0 spiro atoms. The number of halogens is 1. The molecular formula is C33H27ClN4O4S. The van der Waals surface area contributed by atoms with E-state index in [0.29, 0.717) is 63.0 Å². The normalized spacial score (nSPS) is 13.7. The fraction of sp³-hybridized carbons (Fsp3) is 0.152. The van der Waals surface area contributed by atoms with E-state index in [2.05, 4.69) is 15.2 Å². The lowest BCUT2D eigenvalue weighted by atomic mass is 10.1. The molecule has 2 heterocycles. The Bertz CT molecular complexity index is 1760. The summed E-state index contributed by atoms with van der Waals surface area (Å²) in [6.07, 6.45) is 0.875. The van der Waals surface area contributed by atoms with Gasteiger partial charge in [-0.25, -0.2) is 0 Å². The monoisotopic (exact) mass is 610 g/mol. The summed E-state index contributed by atoms with van der Waals surface area (Å²) in [5, 5.41) is 9.45. The third-order valence-electron chi connectivity index (χ3n) is 6.78. The van der Waals surface area contributed by atoms with Gasteiger partial charge in [-0.2, -0.15) is 4.98 Å². The first kappa shape index (κ1) is 28.5. The van der Waals surface area contributed by atoms with Crippen molar-refractivity contribution >= 4 is 35.0 Å². The van der Waals surface area contributed by atoms with E-state index in [9.17, 15) is 4.79 Å². The summed E-state index contributed by atoms with van der Waals surface area (Å²) in [6.45, 7) is 2.56. The molecule has 0 saturated heterocycles. The molecule has 0 N–H and O–H groups in total. The summed E-state index contributed by atoms with van der Waals surface area (Å²) in [5.74, 6) is 0.807. The Morgan fingerprint density at radius 3 is 2.42 bits per heavy atom. The van der Waals surface area contributed by atoms with Crippen LogP contribution in [-0.2, 0) is 6.61 Å². The molecule has 5 aromatic rings. The molecule has 0 radical (unpaired) electrons. The minimum absolute atomic E-state index is 0.249. The van der Waals surface area contributed by atoms with Crippen LogP contribution in [0.5, 0.6) is 17.4 Å². The number of thioether (sulfide) groups is 1. The van der Waals surface area contributed by atoms with E-state index >= 15 is 0 Å². The maximum absolute atomic E-state index is 14.3. The van der Waals surface area contributed by atoms with Gasteiger partial charge in [0.05, 0.1) is 17.3 Å². The standard InChI is InChI=1S/C33H27ClN4O4S/c1-3-40-27-19-23(18-25(34)29(27)41-20-21-12-6-4-7-13-21)32-38(31(39)22-14-8-5-9-15-22)26-17-11-10-16-24(26)28-30(42-32)35-33(43-2)37-36-28/h4-19,32H,3,20H2,1-2H3/t32-/m0/s1. The van der Waals surface area contributed by atoms with Gasteiger partial charge in [0.1, 0.15) is 6.61 Å². The Morgan fingerprint density at radius 1 is 0.953 bits per heavy atom. The number of benzene rings is 4. The number of anilines is 1. The topological polar surface area (TPSA) is 86.7 Å². The average Bonchev–Trinajstić information content (AvgIpc) is 3.19. The van der Waals surface area contributed by atoms with Crippen molar-refractivity contribution < 1.29 is 19.0 Å². The molecule has 0 aliphatic carbocycles. The number of hydrogen-bond donors (Lipinski definition) is 0. The summed E-state index contributed by atoms with van der Waals surface area (Å²) < 4.78 is 18.8. The van der Waals surface area contributed by atoms with Crippen LogP contribution in [0.4, 0.5) is 5.69 Å². The third kappa shape index (κ3) is 5.86. The number of para-hydroxylation sites is 1. The molecule has 0 fully saturated rings. The Labute approximate surface area is 258 Å². The number of aromatic nitrogens is 3. The van der Waals surface area contributed by atoms with Crippen LogP contribution in [0.2, 0.25) is 5.02 Å². The second-order valence-corrected chi connectivity index (χ2v) is 10.7. The second-order valence-electron chi connectivity index (χ2n) is 9.52. The van der Waals surface area contributed by atoms with E-state index in [1.807, 2.05) is 86.0 Å². The van der Waals surface area contributed by atoms with Crippen LogP contribution in [0.1, 0.15) is 34.6 Å². The maximum atomic E-state index is 14.3. The van der Waals surface area contributed by atoms with Crippen LogP contribution in [-0.4, -0.2) is 34.0 Å². The van der Waals surface area contributed by atoms with E-state index in [1.165, 1.54) is 11.8 Å². The summed E-state index contributed by atoms with van der Waals surface area (Å²) in [7, 11) is 0. The molecule has 0 unspecified atom stereocenters. The molecule has 10 heteroatoms. The lowest BCUT2D eigenvalue weighted by molar-refractivity contribution is 0.0909. The minimum Gasteiger partial charge on any atom is -0.490 e. The Kier molecular flexibility index (Phi) is 8.44. The second kappa shape index (κ2) is 12.7. The van der Waals surface area contributed by atoms with E-state index in [1.54, 1.807) is 29.2 Å². The first-order chi connectivity index (χ1) is 21.1. The van der Waals surface area contributed by atoms with E-state index < -0.39 is 6.23 Å². The van der Waals surface area contributed by atoms with Crippen molar-refractivity contribution in [2.75, 3.05) is 17.8 Å². The molecule has 0 bridgehead atoms. The number of ether oxygens (including phenoxy) is 3. The van der Waals surface area contributed by atoms with Gasteiger partial charge in [-0.1, -0.05) is 90.1 Å². The van der Waals surface area contributed by atoms with Crippen LogP contribution in [0, 0.1) is 0 Å². The van der Waals surface area contributed by atoms with Crippen molar-refractivity contribution in [2.45, 2.75) is 24.9 Å². The van der Waals surface area contributed by atoms with Crippen LogP contribution >= 0.6 is 23.4 Å². The zero-order valence-corrected chi connectivity index (χ0v) is 25.0. The van der Waals surface area contributed by atoms with Gasteiger partial charge >= 0.3 is 0 Å². The number of rotatable bonds is 8. The van der Waals surface area contributed by atoms with Gasteiger partial charge in [-0.3, -0.25) is 9.69 Å². The summed E-state index contributed by atoms with van der Waals surface area (Å²) in [5.41, 5.74) is 3.72. The van der Waals surface area contributed by atoms with Crippen LogP contribution < -0.4 is 19.1 Å². The number of carbonyl (C=O) groups excluding carboxylic acids is 1. The summed E-state index contributed by atoms with van der Waals surface area (Å²) in [4.78, 5) is 20.5. The number of hydrogen-bond acceptors (Lipinski definition) is 8. The van der Waals surface area contributed by atoms with Gasteiger partial charge in [-0.05, 0) is 49.1 Å². The SMILES string of the molecule is CCOc1cc([C@@H]2Oc3nc(SC)nnc3-c3ccccc3N2C(=O)c2ccccc2)cc(Cl)c1OCc1ccccc1. The molecule has 1 atom stereocenters. The predicted molar refractivity (Wildman–Crippen MR) is 167 cm³/mol. The largest absolute Gasteiger partial charge is 0.490 e. The molecule has 8 nitrogen and oxygen atoms in total. The number of amides is 1. The average molecular weight is 611 g/mol. The fourth-order valence-corrected chi connectivity index (χ4v) is 5.39. The summed E-state index contributed by atoms with van der Waals surface area (Å²) in [6, 6.07) is 29.8. The van der Waals surface area contributed by atoms with Gasteiger partial charge in [0.2, 0.25) is 17.3 Å². The van der Waals surface area contributed by atoms with Gasteiger partial charge in [0.25, 0.3) is 5.91 Å². The molecule has 1 amide bonds. The summed E-state index contributed by atoms with van der Waals surface area (Å²) >= 11 is 8.23. The molecule has 1 aliphatic rings. The Balaban J connectivity index is 1.51. The number of fused-ring (bicyclic) bond motifs is 3. The van der Waals surface area contributed by atoms with Crippen molar-refractivity contribution in [3.63, 3.8) is 0 Å². The molecule has 1 aromatic heterocycles. The third-order valence-corrected chi connectivity index (χ3v) is 7.60. The Hall–Kier alpha value is -4.60. The molecule has 1 aliphatic heterocycles. The van der Waals surface area contributed by atoms with Crippen molar-refractivity contribution in [2.24, 2.45) is 0 Å². The first-order valence-corrected chi connectivity index (χ1v) is 15.2. The molecular weight excluding hydrogens is 584 g/mol. The van der Waals surface area contributed by atoms with Crippen molar-refractivity contribution in [1.82, 2.24) is 15.2 Å². The molecule has 4 aromatic carbocycles. The van der Waals surface area contributed by atoms with Crippen LogP contribution in [0.15, 0.2) is 102 Å². The van der Waals surface area contributed by atoms with Crippen molar-refractivity contribution in [3.8, 4) is 28.6 Å². The highest BCUT2D eigenvalue weighted by atomic mass is 35.5. The highest BCUT2D eigenvalue weighted by Gasteiger charge is 2.37. The van der Waals surface area contributed by atoms with E-state index in [0.717, 1.165) is 5.56 Å². The molecule has 6 rings (SSSR count). The fourth-order valence-electron chi connectivity index (χ4n) is 4.82. The van der Waals surface area contributed by atoms with Crippen LogP contribution in [0.3, 0.4) is 0 Å². The molecule has 0 saturated carbocycles. The van der Waals surface area contributed by atoms with Crippen molar-refractivity contribution in [1.29, 1.82) is 0 Å². The van der Waals surface area contributed by atoms with Crippen molar-refractivity contribution in [3.05, 3.63) is 119 Å². The maximum Gasteiger partial charge on any atom is 0.261 e. The Morgan fingerprint density at radius 2 is 1.67 bits per heavy atom. The smallest absolute Gasteiger partial charge is 0.261 e. The van der Waals surface area contributed by atoms with Gasteiger partial charge in [-0.15, -0.1) is 10.2 Å². The molecule has 216 valence electrons. The zero-order chi connectivity index (χ0) is 29.8. The van der Waals surface area contributed by atoms with E-state index in [4.69, 9.17) is 25.8 Å². The van der Waals surface area contributed by atoms with E-state index in [-0.39, 0.29) is 11.8 Å². The highest BCUT2D eigenvalue weighted by molar-refractivity contribution is 7.98. The minimum atomic E-state index is -0.985. The van der Waals surface area contributed by atoms with Gasteiger partial charge in [0.15, 0.2) is 17.2 Å². The van der Waals surface area contributed by atoms with Crippen LogP contribution in [0.25, 0.3) is 11.3 Å². The number of carbonyl (C=O) groups is 1. The lowest BCUT2D eigenvalue weighted by Gasteiger charge is -2.31. The lowest BCUT2D eigenvalue weighted by Crippen LogP contribution is -2.37. The predicted octanol–water partition coefficient (Wildman–Crippen LogP) is 7.63.